The molecule has 0 unspecified atom stereocenters. The number of carbonyl (C=O) groups excluding carboxylic acids is 2. The quantitative estimate of drug-likeness (QED) is 0.746. The Bertz CT molecular complexity index is 401. The molecule has 2 fully saturated rings. The number of hydrogen-bond acceptors (Lipinski definition) is 4. The molecule has 25 heavy (non-hydrogen) atoms. The lowest BCUT2D eigenvalue weighted by Crippen LogP contribution is -2.60. The Labute approximate surface area is 151 Å². The smallest absolute Gasteiger partial charge is 0.407 e. The molecule has 144 valence electrons. The van der Waals surface area contributed by atoms with Gasteiger partial charge in [-0.2, -0.15) is 0 Å². The molecule has 0 radical (unpaired) electrons. The highest BCUT2D eigenvalue weighted by Crippen LogP contribution is 2.41. The van der Waals surface area contributed by atoms with Crippen LogP contribution in [0.3, 0.4) is 0 Å². The third-order valence-electron chi connectivity index (χ3n) is 5.58. The second kappa shape index (κ2) is 9.30. The van der Waals surface area contributed by atoms with Crippen LogP contribution in [0, 0.1) is 0 Å². The van der Waals surface area contributed by atoms with Crippen molar-refractivity contribution in [3.8, 4) is 0 Å². The first-order chi connectivity index (χ1) is 12.0. The number of carbonyl (C=O) groups is 2. The van der Waals surface area contributed by atoms with Crippen molar-refractivity contribution in [2.75, 3.05) is 13.2 Å². The van der Waals surface area contributed by atoms with Gasteiger partial charge in [0.2, 0.25) is 0 Å². The van der Waals surface area contributed by atoms with E-state index in [0.29, 0.717) is 13.2 Å². The maximum atomic E-state index is 12.1. The van der Waals surface area contributed by atoms with Crippen LogP contribution in [-0.4, -0.2) is 36.5 Å². The average molecular weight is 354 g/mol. The Kier molecular flexibility index (Phi) is 7.38. The van der Waals surface area contributed by atoms with E-state index < -0.39 is 0 Å². The van der Waals surface area contributed by atoms with Crippen molar-refractivity contribution in [2.45, 2.75) is 95.6 Å². The predicted molar refractivity (Wildman–Crippen MR) is 96.6 cm³/mol. The zero-order valence-electron chi connectivity index (χ0n) is 15.8. The molecule has 0 aliphatic heterocycles. The summed E-state index contributed by atoms with van der Waals surface area (Å²) in [5.74, 6) is 0. The molecule has 0 heterocycles. The number of hydrogen-bond donors (Lipinski definition) is 2. The van der Waals surface area contributed by atoms with Gasteiger partial charge in [0.1, 0.15) is 0 Å². The number of nitrogens with one attached hydrogen (secondary N) is 2. The summed E-state index contributed by atoms with van der Waals surface area (Å²) < 4.78 is 10.3. The SMILES string of the molecule is CCOC(=O)NC1(CC2(NC(=O)OCC)CCCCC2)CCCCC1. The molecule has 0 atom stereocenters. The summed E-state index contributed by atoms with van der Waals surface area (Å²) in [6.45, 7) is 4.37. The molecule has 6 heteroatoms. The van der Waals surface area contributed by atoms with E-state index in [9.17, 15) is 9.59 Å². The van der Waals surface area contributed by atoms with E-state index in [1.54, 1.807) is 0 Å². The fourth-order valence-corrected chi connectivity index (χ4v) is 4.56. The Morgan fingerprint density at radius 2 is 1.08 bits per heavy atom. The first kappa shape index (κ1) is 19.9. The van der Waals surface area contributed by atoms with E-state index in [1.807, 2.05) is 13.8 Å². The number of rotatable bonds is 6. The van der Waals surface area contributed by atoms with E-state index in [4.69, 9.17) is 9.47 Å². The summed E-state index contributed by atoms with van der Waals surface area (Å²) in [7, 11) is 0. The monoisotopic (exact) mass is 354 g/mol. The van der Waals surface area contributed by atoms with Gasteiger partial charge < -0.3 is 20.1 Å². The van der Waals surface area contributed by atoms with Crippen LogP contribution in [0.5, 0.6) is 0 Å². The largest absolute Gasteiger partial charge is 0.450 e. The zero-order chi connectivity index (χ0) is 18.2. The van der Waals surface area contributed by atoms with Crippen molar-refractivity contribution < 1.29 is 19.1 Å². The second-order valence-corrected chi connectivity index (χ2v) is 7.55. The van der Waals surface area contributed by atoms with Crippen LogP contribution in [0.1, 0.15) is 84.5 Å². The molecule has 2 amide bonds. The van der Waals surface area contributed by atoms with Crippen LogP contribution in [-0.2, 0) is 9.47 Å². The van der Waals surface area contributed by atoms with Gasteiger partial charge >= 0.3 is 12.2 Å². The Hall–Kier alpha value is -1.46. The van der Waals surface area contributed by atoms with Crippen molar-refractivity contribution >= 4 is 12.2 Å². The third kappa shape index (κ3) is 5.79. The summed E-state index contributed by atoms with van der Waals surface area (Å²) in [6.07, 6.45) is 10.6. The minimum Gasteiger partial charge on any atom is -0.450 e. The van der Waals surface area contributed by atoms with Gasteiger partial charge in [0.25, 0.3) is 0 Å². The fraction of sp³-hybridized carbons (Fsp3) is 0.895. The highest BCUT2D eigenvalue weighted by molar-refractivity contribution is 5.69. The van der Waals surface area contributed by atoms with Crippen molar-refractivity contribution in [3.05, 3.63) is 0 Å². The van der Waals surface area contributed by atoms with Crippen molar-refractivity contribution in [1.29, 1.82) is 0 Å². The second-order valence-electron chi connectivity index (χ2n) is 7.55. The molecule has 0 aromatic heterocycles. The van der Waals surface area contributed by atoms with Crippen LogP contribution in [0.25, 0.3) is 0 Å². The Morgan fingerprint density at radius 1 is 0.720 bits per heavy atom. The Balaban J connectivity index is 2.15. The first-order valence-corrected chi connectivity index (χ1v) is 9.93. The van der Waals surface area contributed by atoms with Gasteiger partial charge in [-0.25, -0.2) is 9.59 Å². The zero-order valence-corrected chi connectivity index (χ0v) is 15.8. The van der Waals surface area contributed by atoms with Gasteiger partial charge in [-0.05, 0) is 46.0 Å². The third-order valence-corrected chi connectivity index (χ3v) is 5.58. The molecule has 0 saturated heterocycles. The molecule has 2 saturated carbocycles. The number of amides is 2. The summed E-state index contributed by atoms with van der Waals surface area (Å²) in [5, 5.41) is 6.31. The molecule has 2 aliphatic rings. The predicted octanol–water partition coefficient (Wildman–Crippen LogP) is 4.27. The van der Waals surface area contributed by atoms with Gasteiger partial charge in [0.15, 0.2) is 0 Å². The molecular formula is C19H34N2O4. The minimum absolute atomic E-state index is 0.290. The minimum atomic E-state index is -0.341. The van der Waals surface area contributed by atoms with Crippen LogP contribution in [0.15, 0.2) is 0 Å². The molecule has 0 spiro atoms. The summed E-state index contributed by atoms with van der Waals surface area (Å²) in [4.78, 5) is 24.3. The standard InChI is InChI=1S/C19H34N2O4/c1-3-24-16(22)20-18(11-7-5-8-12-18)15-19(13-9-6-10-14-19)21-17(23)25-4-2/h3-15H2,1-2H3,(H,20,22)(H,21,23). The lowest BCUT2D eigenvalue weighted by molar-refractivity contribution is 0.0863. The topological polar surface area (TPSA) is 76.7 Å². The highest BCUT2D eigenvalue weighted by Gasteiger charge is 2.44. The molecule has 6 nitrogen and oxygen atoms in total. The highest BCUT2D eigenvalue weighted by atomic mass is 16.6. The van der Waals surface area contributed by atoms with Gasteiger partial charge in [-0.3, -0.25) is 0 Å². The van der Waals surface area contributed by atoms with Crippen molar-refractivity contribution in [1.82, 2.24) is 10.6 Å². The van der Waals surface area contributed by atoms with Crippen molar-refractivity contribution in [2.24, 2.45) is 0 Å². The maximum absolute atomic E-state index is 12.1. The van der Waals surface area contributed by atoms with Crippen LogP contribution >= 0.6 is 0 Å². The van der Waals surface area contributed by atoms with E-state index in [0.717, 1.165) is 57.8 Å². The maximum Gasteiger partial charge on any atom is 0.407 e. The normalized spacial score (nSPS) is 21.8. The lowest BCUT2D eigenvalue weighted by atomic mass is 9.68. The molecule has 0 aromatic carbocycles. The Morgan fingerprint density at radius 3 is 1.40 bits per heavy atom. The average Bonchev–Trinajstić information content (AvgIpc) is 2.56. The lowest BCUT2D eigenvalue weighted by Gasteiger charge is -2.47. The van der Waals surface area contributed by atoms with Crippen LogP contribution in [0.4, 0.5) is 9.59 Å². The fourth-order valence-electron chi connectivity index (χ4n) is 4.56. The van der Waals surface area contributed by atoms with Gasteiger partial charge in [-0.15, -0.1) is 0 Å². The molecule has 2 rings (SSSR count). The molecule has 2 aliphatic carbocycles. The molecule has 0 aromatic rings. The first-order valence-electron chi connectivity index (χ1n) is 9.93. The van der Waals surface area contributed by atoms with E-state index >= 15 is 0 Å². The van der Waals surface area contributed by atoms with Gasteiger partial charge in [0.05, 0.1) is 13.2 Å². The summed E-state index contributed by atoms with van der Waals surface area (Å²) >= 11 is 0. The van der Waals surface area contributed by atoms with Gasteiger partial charge in [-0.1, -0.05) is 38.5 Å². The summed E-state index contributed by atoms with van der Waals surface area (Å²) in [5.41, 5.74) is -0.581. The van der Waals surface area contributed by atoms with E-state index in [2.05, 4.69) is 10.6 Å². The molecular weight excluding hydrogens is 320 g/mol. The van der Waals surface area contributed by atoms with E-state index in [1.165, 1.54) is 12.8 Å². The molecule has 0 bridgehead atoms. The molecule has 2 N–H and O–H groups in total. The van der Waals surface area contributed by atoms with Crippen molar-refractivity contribution in [3.63, 3.8) is 0 Å². The summed E-state index contributed by atoms with van der Waals surface area (Å²) in [6, 6.07) is 0. The van der Waals surface area contributed by atoms with Gasteiger partial charge in [0, 0.05) is 11.1 Å². The van der Waals surface area contributed by atoms with E-state index in [-0.39, 0.29) is 23.3 Å². The van der Waals surface area contributed by atoms with Crippen LogP contribution in [0.2, 0.25) is 0 Å². The number of ether oxygens (including phenoxy) is 2. The number of alkyl carbamates (subject to hydrolysis) is 2. The van der Waals surface area contributed by atoms with Crippen LogP contribution < -0.4 is 10.6 Å².